The van der Waals surface area contributed by atoms with Crippen molar-refractivity contribution in [3.63, 3.8) is 0 Å². The molecule has 0 bridgehead atoms. The highest BCUT2D eigenvalue weighted by Gasteiger charge is 2.23. The Morgan fingerprint density at radius 2 is 2.09 bits per heavy atom. The molecule has 0 N–H and O–H groups in total. The molecular weight excluding hydrogens is 358 g/mol. The van der Waals surface area contributed by atoms with Gasteiger partial charge in [-0.05, 0) is 60.7 Å². The van der Waals surface area contributed by atoms with Crippen molar-refractivity contribution in [1.82, 2.24) is 4.31 Å². The van der Waals surface area contributed by atoms with Crippen LogP contribution < -0.4 is 4.74 Å². The summed E-state index contributed by atoms with van der Waals surface area (Å²) in [5, 5.41) is 0. The van der Waals surface area contributed by atoms with Crippen LogP contribution in [-0.4, -0.2) is 17.0 Å². The van der Waals surface area contributed by atoms with Crippen LogP contribution in [0.25, 0.3) is 0 Å². The molecule has 0 amide bonds. The number of para-hydroxylation sites is 1. The van der Waals surface area contributed by atoms with Crippen molar-refractivity contribution in [3.8, 4) is 5.75 Å². The van der Waals surface area contributed by atoms with E-state index in [0.29, 0.717) is 0 Å². The van der Waals surface area contributed by atoms with Crippen LogP contribution in [0, 0.1) is 6.92 Å². The predicted octanol–water partition coefficient (Wildman–Crippen LogP) is 5.44. The number of hydrogen-bond donors (Lipinski definition) is 0. The first-order chi connectivity index (χ1) is 10.7. The highest BCUT2D eigenvalue weighted by molar-refractivity contribution is 9.10. The number of halogens is 1. The average Bonchev–Trinajstić information content (AvgIpc) is 2.69. The third-order valence-corrected chi connectivity index (χ3v) is 5.45. The molecule has 0 saturated carbocycles. The highest BCUT2D eigenvalue weighted by Crippen LogP contribution is 2.37. The molecule has 0 unspecified atom stereocenters. The fraction of sp³-hybridized carbons (Fsp3) is 0.333. The largest absolute Gasteiger partial charge is 0.488 e. The summed E-state index contributed by atoms with van der Waals surface area (Å²) in [6, 6.07) is 14.8. The van der Waals surface area contributed by atoms with E-state index < -0.39 is 0 Å². The lowest BCUT2D eigenvalue weighted by molar-refractivity contribution is 0.170. The summed E-state index contributed by atoms with van der Waals surface area (Å²) in [6.45, 7) is 6.21. The van der Waals surface area contributed by atoms with E-state index in [2.05, 4.69) is 70.5 Å². The van der Waals surface area contributed by atoms with E-state index in [4.69, 9.17) is 4.74 Å². The molecule has 0 aromatic heterocycles. The molecular formula is C18H20BrNOS. The lowest BCUT2D eigenvalue weighted by atomic mass is 10.1. The van der Waals surface area contributed by atoms with Crippen LogP contribution in [-0.2, 0) is 6.54 Å². The van der Waals surface area contributed by atoms with Crippen LogP contribution in [0.3, 0.4) is 0 Å². The standard InChI is InChI=1S/C18H20BrNOS/c1-3-16-12-20(11-14-10-15(19)9-8-13(14)2)22-18-7-5-4-6-17(18)21-16/h4-10,16H,3,11-12H2,1-2H3/t16-/m1/s1. The zero-order valence-electron chi connectivity index (χ0n) is 12.9. The summed E-state index contributed by atoms with van der Waals surface area (Å²) in [4.78, 5) is 1.20. The third-order valence-electron chi connectivity index (χ3n) is 3.89. The van der Waals surface area contributed by atoms with Gasteiger partial charge < -0.3 is 4.74 Å². The van der Waals surface area contributed by atoms with Gasteiger partial charge in [-0.25, -0.2) is 4.31 Å². The quantitative estimate of drug-likeness (QED) is 0.660. The van der Waals surface area contributed by atoms with Gasteiger partial charge >= 0.3 is 0 Å². The molecule has 0 fully saturated rings. The third kappa shape index (κ3) is 3.67. The van der Waals surface area contributed by atoms with Gasteiger partial charge in [-0.15, -0.1) is 0 Å². The van der Waals surface area contributed by atoms with Crippen molar-refractivity contribution in [2.75, 3.05) is 6.54 Å². The molecule has 0 spiro atoms. The van der Waals surface area contributed by atoms with Gasteiger partial charge in [0.15, 0.2) is 0 Å². The Bertz CT molecular complexity index is 661. The summed E-state index contributed by atoms with van der Waals surface area (Å²) in [5.74, 6) is 1.01. The number of hydrogen-bond acceptors (Lipinski definition) is 3. The zero-order chi connectivity index (χ0) is 15.5. The van der Waals surface area contributed by atoms with Gasteiger partial charge in [-0.3, -0.25) is 0 Å². The first kappa shape index (κ1) is 15.9. The van der Waals surface area contributed by atoms with Gasteiger partial charge in [0.1, 0.15) is 11.9 Å². The van der Waals surface area contributed by atoms with Crippen molar-refractivity contribution in [1.29, 1.82) is 0 Å². The average molecular weight is 378 g/mol. The summed E-state index contributed by atoms with van der Waals surface area (Å²) >= 11 is 5.38. The second kappa shape index (κ2) is 7.07. The summed E-state index contributed by atoms with van der Waals surface area (Å²) in [7, 11) is 0. The molecule has 1 heterocycles. The maximum absolute atomic E-state index is 6.16. The van der Waals surface area contributed by atoms with E-state index in [1.807, 2.05) is 6.07 Å². The Morgan fingerprint density at radius 1 is 1.27 bits per heavy atom. The summed E-state index contributed by atoms with van der Waals surface area (Å²) in [6.07, 6.45) is 1.26. The van der Waals surface area contributed by atoms with Gasteiger partial charge in [0.2, 0.25) is 0 Å². The van der Waals surface area contributed by atoms with E-state index >= 15 is 0 Å². The minimum absolute atomic E-state index is 0.239. The molecule has 0 radical (unpaired) electrons. The number of benzene rings is 2. The smallest absolute Gasteiger partial charge is 0.134 e. The fourth-order valence-electron chi connectivity index (χ4n) is 2.55. The monoisotopic (exact) mass is 377 g/mol. The molecule has 0 aliphatic carbocycles. The molecule has 1 aliphatic heterocycles. The molecule has 0 saturated heterocycles. The van der Waals surface area contributed by atoms with Crippen LogP contribution in [0.5, 0.6) is 5.75 Å². The SMILES string of the molecule is CC[C@@H]1CN(Cc2cc(Br)ccc2C)Sc2ccccc2O1. The molecule has 3 rings (SSSR count). The first-order valence-electron chi connectivity index (χ1n) is 7.59. The molecule has 1 aliphatic rings. The van der Waals surface area contributed by atoms with E-state index in [9.17, 15) is 0 Å². The minimum Gasteiger partial charge on any atom is -0.488 e. The Hall–Kier alpha value is -0.970. The van der Waals surface area contributed by atoms with Crippen molar-refractivity contribution in [3.05, 3.63) is 58.1 Å². The molecule has 1 atom stereocenters. The van der Waals surface area contributed by atoms with Gasteiger partial charge in [0, 0.05) is 17.6 Å². The summed E-state index contributed by atoms with van der Waals surface area (Å²) in [5.41, 5.74) is 2.69. The zero-order valence-corrected chi connectivity index (χ0v) is 15.3. The molecule has 2 nitrogen and oxygen atoms in total. The van der Waals surface area contributed by atoms with Gasteiger partial charge in [0.25, 0.3) is 0 Å². The van der Waals surface area contributed by atoms with Crippen LogP contribution in [0.1, 0.15) is 24.5 Å². The van der Waals surface area contributed by atoms with E-state index in [-0.39, 0.29) is 6.10 Å². The topological polar surface area (TPSA) is 12.5 Å². The first-order valence-corrected chi connectivity index (χ1v) is 9.16. The van der Waals surface area contributed by atoms with E-state index in [0.717, 1.165) is 29.7 Å². The Balaban J connectivity index is 1.85. The minimum atomic E-state index is 0.239. The van der Waals surface area contributed by atoms with Gasteiger partial charge in [0.05, 0.1) is 4.90 Å². The van der Waals surface area contributed by atoms with E-state index in [1.54, 1.807) is 11.9 Å². The highest BCUT2D eigenvalue weighted by atomic mass is 79.9. The predicted molar refractivity (Wildman–Crippen MR) is 96.3 cm³/mol. The van der Waals surface area contributed by atoms with Crippen LogP contribution in [0.4, 0.5) is 0 Å². The Morgan fingerprint density at radius 3 is 2.91 bits per heavy atom. The van der Waals surface area contributed by atoms with Crippen LogP contribution in [0.2, 0.25) is 0 Å². The maximum atomic E-state index is 6.16. The van der Waals surface area contributed by atoms with Gasteiger partial charge in [-0.2, -0.15) is 0 Å². The van der Waals surface area contributed by atoms with Crippen molar-refractivity contribution < 1.29 is 4.74 Å². The number of nitrogens with zero attached hydrogens (tertiary/aromatic N) is 1. The lowest BCUT2D eigenvalue weighted by Crippen LogP contribution is -2.29. The Labute approximate surface area is 145 Å². The van der Waals surface area contributed by atoms with Crippen molar-refractivity contribution in [2.24, 2.45) is 0 Å². The van der Waals surface area contributed by atoms with Crippen LogP contribution in [0.15, 0.2) is 51.8 Å². The molecule has 116 valence electrons. The van der Waals surface area contributed by atoms with E-state index in [1.165, 1.54) is 16.0 Å². The summed E-state index contributed by atoms with van der Waals surface area (Å²) < 4.78 is 9.70. The second-order valence-electron chi connectivity index (χ2n) is 5.58. The van der Waals surface area contributed by atoms with Gasteiger partial charge in [-0.1, -0.05) is 41.1 Å². The maximum Gasteiger partial charge on any atom is 0.134 e. The van der Waals surface area contributed by atoms with Crippen LogP contribution >= 0.6 is 27.9 Å². The molecule has 22 heavy (non-hydrogen) atoms. The van der Waals surface area contributed by atoms with Crippen molar-refractivity contribution >= 4 is 27.9 Å². The lowest BCUT2D eigenvalue weighted by Gasteiger charge is -2.22. The molecule has 2 aromatic rings. The number of aryl methyl sites for hydroxylation is 1. The Kier molecular flexibility index (Phi) is 5.11. The number of ether oxygens (including phenoxy) is 1. The number of fused-ring (bicyclic) bond motifs is 1. The molecule has 2 aromatic carbocycles. The fourth-order valence-corrected chi connectivity index (χ4v) is 4.03. The second-order valence-corrected chi connectivity index (χ2v) is 7.63. The van der Waals surface area contributed by atoms with Crippen molar-refractivity contribution in [2.45, 2.75) is 37.8 Å². The normalized spacial score (nSPS) is 18.4. The molecule has 4 heteroatoms. The number of rotatable bonds is 3.